The van der Waals surface area contributed by atoms with Crippen molar-refractivity contribution in [2.45, 2.75) is 45.1 Å². The van der Waals surface area contributed by atoms with Gasteiger partial charge in [-0.1, -0.05) is 20.3 Å². The van der Waals surface area contributed by atoms with E-state index in [0.29, 0.717) is 13.1 Å². The number of nitrogens with one attached hydrogen (secondary N) is 1. The Morgan fingerprint density at radius 1 is 1.41 bits per heavy atom. The van der Waals surface area contributed by atoms with Gasteiger partial charge in [-0.3, -0.25) is 4.79 Å². The zero-order chi connectivity index (χ0) is 12.5. The number of amides is 1. The molecule has 1 amide bonds. The lowest BCUT2D eigenvalue weighted by Crippen LogP contribution is -2.65. The van der Waals surface area contributed by atoms with Crippen LogP contribution in [-0.2, 0) is 4.79 Å². The number of likely N-dealkylation sites (tertiary alicyclic amines) is 1. The Morgan fingerprint density at radius 2 is 2.12 bits per heavy atom. The van der Waals surface area contributed by atoms with Crippen molar-refractivity contribution in [1.29, 1.82) is 0 Å². The number of nitrogens with zero attached hydrogens (tertiary/aromatic N) is 1. The second-order valence-corrected chi connectivity index (χ2v) is 5.70. The van der Waals surface area contributed by atoms with Gasteiger partial charge in [-0.15, -0.1) is 0 Å². The quantitative estimate of drug-likeness (QED) is 0.762. The van der Waals surface area contributed by atoms with Crippen LogP contribution in [-0.4, -0.2) is 47.7 Å². The molecule has 2 aliphatic heterocycles. The number of aliphatic hydroxyl groups is 1. The SMILES string of the molecule is CCCC1(C(=O)N2CC(O)(CC)C2)CCNC1. The molecular weight excluding hydrogens is 216 g/mol. The molecule has 2 N–H and O–H groups in total. The van der Waals surface area contributed by atoms with Crippen LogP contribution in [0, 0.1) is 5.41 Å². The highest BCUT2D eigenvalue weighted by Gasteiger charge is 2.49. The number of hydrogen-bond acceptors (Lipinski definition) is 3. The Bertz CT molecular complexity index is 292. The lowest BCUT2D eigenvalue weighted by molar-refractivity contribution is -0.165. The van der Waals surface area contributed by atoms with E-state index in [0.717, 1.165) is 38.8 Å². The molecule has 0 saturated carbocycles. The van der Waals surface area contributed by atoms with Crippen molar-refractivity contribution in [3.63, 3.8) is 0 Å². The third kappa shape index (κ3) is 2.20. The van der Waals surface area contributed by atoms with Crippen molar-refractivity contribution < 1.29 is 9.90 Å². The van der Waals surface area contributed by atoms with Crippen LogP contribution < -0.4 is 5.32 Å². The van der Waals surface area contributed by atoms with Gasteiger partial charge in [0.05, 0.1) is 24.1 Å². The molecule has 98 valence electrons. The predicted molar refractivity (Wildman–Crippen MR) is 66.6 cm³/mol. The van der Waals surface area contributed by atoms with E-state index < -0.39 is 5.60 Å². The van der Waals surface area contributed by atoms with E-state index in [1.54, 1.807) is 0 Å². The van der Waals surface area contributed by atoms with Gasteiger partial charge in [-0.05, 0) is 25.8 Å². The molecule has 1 unspecified atom stereocenters. The van der Waals surface area contributed by atoms with E-state index in [-0.39, 0.29) is 11.3 Å². The summed E-state index contributed by atoms with van der Waals surface area (Å²) in [5, 5.41) is 13.3. The summed E-state index contributed by atoms with van der Waals surface area (Å²) < 4.78 is 0. The minimum Gasteiger partial charge on any atom is -0.386 e. The van der Waals surface area contributed by atoms with E-state index in [2.05, 4.69) is 12.2 Å². The van der Waals surface area contributed by atoms with E-state index in [1.807, 2.05) is 11.8 Å². The van der Waals surface area contributed by atoms with Gasteiger partial charge in [0.1, 0.15) is 0 Å². The van der Waals surface area contributed by atoms with E-state index >= 15 is 0 Å². The number of rotatable bonds is 4. The zero-order valence-electron chi connectivity index (χ0n) is 11.0. The van der Waals surface area contributed by atoms with Gasteiger partial charge in [0.15, 0.2) is 0 Å². The van der Waals surface area contributed by atoms with Crippen LogP contribution in [0.15, 0.2) is 0 Å². The molecule has 4 nitrogen and oxygen atoms in total. The van der Waals surface area contributed by atoms with Gasteiger partial charge in [-0.25, -0.2) is 0 Å². The van der Waals surface area contributed by atoms with Crippen LogP contribution >= 0.6 is 0 Å². The average Bonchev–Trinajstić information content (AvgIpc) is 2.74. The fourth-order valence-electron chi connectivity index (χ4n) is 3.09. The molecule has 17 heavy (non-hydrogen) atoms. The molecule has 0 aliphatic carbocycles. The first-order valence-corrected chi connectivity index (χ1v) is 6.78. The minimum atomic E-state index is -0.616. The maximum Gasteiger partial charge on any atom is 0.230 e. The first-order valence-electron chi connectivity index (χ1n) is 6.78. The van der Waals surface area contributed by atoms with Crippen LogP contribution in [0.25, 0.3) is 0 Å². The molecule has 2 fully saturated rings. The summed E-state index contributed by atoms with van der Waals surface area (Å²) >= 11 is 0. The van der Waals surface area contributed by atoms with Crippen molar-refractivity contribution in [2.75, 3.05) is 26.2 Å². The summed E-state index contributed by atoms with van der Waals surface area (Å²) in [5.74, 6) is 0.252. The number of β-amino-alcohol motifs (C(OH)–C–C–N with tert-alkyl or cyclic N) is 1. The van der Waals surface area contributed by atoms with Crippen molar-refractivity contribution in [3.05, 3.63) is 0 Å². The van der Waals surface area contributed by atoms with Gasteiger partial charge in [-0.2, -0.15) is 0 Å². The summed E-state index contributed by atoms with van der Waals surface area (Å²) in [6.07, 6.45) is 3.68. The first kappa shape index (κ1) is 12.8. The molecule has 2 saturated heterocycles. The molecule has 2 heterocycles. The number of hydrogen-bond donors (Lipinski definition) is 2. The maximum absolute atomic E-state index is 12.5. The van der Waals surface area contributed by atoms with Gasteiger partial charge in [0.2, 0.25) is 5.91 Å². The van der Waals surface area contributed by atoms with Crippen LogP contribution in [0.3, 0.4) is 0 Å². The second-order valence-electron chi connectivity index (χ2n) is 5.70. The normalized spacial score (nSPS) is 31.4. The summed E-state index contributed by atoms with van der Waals surface area (Å²) in [7, 11) is 0. The third-order valence-corrected chi connectivity index (χ3v) is 4.34. The van der Waals surface area contributed by atoms with Crippen molar-refractivity contribution >= 4 is 5.91 Å². The minimum absolute atomic E-state index is 0.191. The van der Waals surface area contributed by atoms with E-state index in [4.69, 9.17) is 0 Å². The van der Waals surface area contributed by atoms with E-state index in [1.165, 1.54) is 0 Å². The molecule has 0 aromatic heterocycles. The zero-order valence-corrected chi connectivity index (χ0v) is 11.0. The van der Waals surface area contributed by atoms with Crippen LogP contribution in [0.4, 0.5) is 0 Å². The Hall–Kier alpha value is -0.610. The summed E-state index contributed by atoms with van der Waals surface area (Å²) in [5.41, 5.74) is -0.807. The summed E-state index contributed by atoms with van der Waals surface area (Å²) in [6, 6.07) is 0. The number of carbonyl (C=O) groups is 1. The smallest absolute Gasteiger partial charge is 0.230 e. The van der Waals surface area contributed by atoms with Crippen LogP contribution in [0.2, 0.25) is 0 Å². The standard InChI is InChI=1S/C13H24N2O2/c1-3-5-12(6-7-14-8-12)11(16)15-9-13(17,4-2)10-15/h14,17H,3-10H2,1-2H3. The highest BCUT2D eigenvalue weighted by Crippen LogP contribution is 2.36. The third-order valence-electron chi connectivity index (χ3n) is 4.34. The highest BCUT2D eigenvalue weighted by molar-refractivity contribution is 5.84. The highest BCUT2D eigenvalue weighted by atomic mass is 16.3. The molecule has 0 spiro atoms. The lowest BCUT2D eigenvalue weighted by atomic mass is 9.78. The maximum atomic E-state index is 12.5. The molecule has 0 aromatic rings. The molecule has 4 heteroatoms. The van der Waals surface area contributed by atoms with Crippen LogP contribution in [0.5, 0.6) is 0 Å². The fourth-order valence-corrected chi connectivity index (χ4v) is 3.09. The van der Waals surface area contributed by atoms with Gasteiger partial charge >= 0.3 is 0 Å². The summed E-state index contributed by atoms with van der Waals surface area (Å²) in [4.78, 5) is 14.4. The first-order chi connectivity index (χ1) is 8.05. The average molecular weight is 240 g/mol. The Kier molecular flexibility index (Phi) is 3.46. The largest absolute Gasteiger partial charge is 0.386 e. The lowest BCUT2D eigenvalue weighted by Gasteiger charge is -2.49. The summed E-state index contributed by atoms with van der Waals surface area (Å²) in [6.45, 7) is 6.90. The molecule has 0 radical (unpaired) electrons. The van der Waals surface area contributed by atoms with Crippen molar-refractivity contribution in [3.8, 4) is 0 Å². The van der Waals surface area contributed by atoms with Gasteiger partial charge < -0.3 is 15.3 Å². The molecule has 0 aromatic carbocycles. The molecule has 0 bridgehead atoms. The van der Waals surface area contributed by atoms with Gasteiger partial charge in [0.25, 0.3) is 0 Å². The Morgan fingerprint density at radius 3 is 2.59 bits per heavy atom. The molecule has 2 aliphatic rings. The van der Waals surface area contributed by atoms with E-state index in [9.17, 15) is 9.90 Å². The molecular formula is C13H24N2O2. The Labute approximate surface area is 103 Å². The van der Waals surface area contributed by atoms with Crippen LogP contribution in [0.1, 0.15) is 39.5 Å². The Balaban J connectivity index is 1.99. The monoisotopic (exact) mass is 240 g/mol. The number of carbonyl (C=O) groups excluding carboxylic acids is 1. The second kappa shape index (κ2) is 4.58. The van der Waals surface area contributed by atoms with Crippen molar-refractivity contribution in [2.24, 2.45) is 5.41 Å². The van der Waals surface area contributed by atoms with Crippen molar-refractivity contribution in [1.82, 2.24) is 10.2 Å². The topological polar surface area (TPSA) is 52.6 Å². The molecule has 1 atom stereocenters. The predicted octanol–water partition coefficient (Wildman–Crippen LogP) is 0.749. The molecule has 2 rings (SSSR count). The fraction of sp³-hybridized carbons (Fsp3) is 0.923. The van der Waals surface area contributed by atoms with Gasteiger partial charge in [0, 0.05) is 6.54 Å².